The van der Waals surface area contributed by atoms with Crippen molar-refractivity contribution >= 4 is 5.78 Å². The van der Waals surface area contributed by atoms with Gasteiger partial charge in [-0.1, -0.05) is 78.3 Å². The van der Waals surface area contributed by atoms with Crippen LogP contribution in [-0.2, 0) is 4.79 Å². The number of carbonyl (C=O) groups is 1. The third-order valence-corrected chi connectivity index (χ3v) is 5.92. The summed E-state index contributed by atoms with van der Waals surface area (Å²) in [6.07, 6.45) is 13.8. The van der Waals surface area contributed by atoms with Crippen LogP contribution in [0.25, 0.3) is 0 Å². The summed E-state index contributed by atoms with van der Waals surface area (Å²) in [7, 11) is 0. The molecule has 0 aromatic carbocycles. The minimum Gasteiger partial charge on any atom is -0.297 e. The van der Waals surface area contributed by atoms with Crippen LogP contribution in [0.5, 0.6) is 0 Å². The van der Waals surface area contributed by atoms with Crippen molar-refractivity contribution in [1.82, 2.24) is 15.0 Å². The van der Waals surface area contributed by atoms with E-state index in [1.54, 1.807) is 0 Å². The van der Waals surface area contributed by atoms with Crippen LogP contribution >= 0.6 is 0 Å². The van der Waals surface area contributed by atoms with Gasteiger partial charge in [-0.2, -0.15) is 0 Å². The molecule has 2 rings (SSSR count). The van der Waals surface area contributed by atoms with E-state index in [1.807, 2.05) is 10.9 Å². The minimum absolute atomic E-state index is 0.0694. The van der Waals surface area contributed by atoms with Gasteiger partial charge in [-0.15, -0.1) is 5.10 Å². The Labute approximate surface area is 171 Å². The summed E-state index contributed by atoms with van der Waals surface area (Å²) in [5.41, 5.74) is 2.20. The number of nitrogens with zero attached hydrogens (tertiary/aromatic N) is 3. The van der Waals surface area contributed by atoms with Crippen LogP contribution in [-0.4, -0.2) is 20.8 Å². The Morgan fingerprint density at radius 1 is 1.14 bits per heavy atom. The first kappa shape index (κ1) is 22.6. The molecule has 3 atom stereocenters. The maximum atomic E-state index is 13.6. The van der Waals surface area contributed by atoms with Gasteiger partial charge in [0.25, 0.3) is 0 Å². The van der Waals surface area contributed by atoms with Gasteiger partial charge in [0.2, 0.25) is 0 Å². The molecule has 0 fully saturated rings. The van der Waals surface area contributed by atoms with Crippen LogP contribution in [0.4, 0.5) is 0 Å². The Hall–Kier alpha value is -1.71. The van der Waals surface area contributed by atoms with Crippen LogP contribution in [0.3, 0.4) is 0 Å². The maximum Gasteiger partial charge on any atom is 0.161 e. The largest absolute Gasteiger partial charge is 0.297 e. The molecule has 1 aromatic heterocycles. The molecule has 0 N–H and O–H groups in total. The number of allylic oxidation sites excluding steroid dienone is 4. The number of Topliss-reactive ketones (excluding diaryl/α,β-unsaturated/α-hetero) is 1. The van der Waals surface area contributed by atoms with Gasteiger partial charge in [-0.05, 0) is 48.5 Å². The van der Waals surface area contributed by atoms with Crippen molar-refractivity contribution in [2.24, 2.45) is 17.3 Å². The fourth-order valence-corrected chi connectivity index (χ4v) is 4.11. The highest BCUT2D eigenvalue weighted by Gasteiger charge is 2.37. The monoisotopic (exact) mass is 385 g/mol. The molecule has 4 heteroatoms. The molecule has 1 aliphatic carbocycles. The van der Waals surface area contributed by atoms with Gasteiger partial charge < -0.3 is 0 Å². The highest BCUT2D eigenvalue weighted by Crippen LogP contribution is 2.36. The lowest BCUT2D eigenvalue weighted by Crippen LogP contribution is -2.36. The van der Waals surface area contributed by atoms with Crippen molar-refractivity contribution in [2.45, 2.75) is 92.5 Å². The van der Waals surface area contributed by atoms with Crippen molar-refractivity contribution in [1.29, 1.82) is 0 Å². The number of hydrogen-bond acceptors (Lipinski definition) is 3. The summed E-state index contributed by atoms with van der Waals surface area (Å²) < 4.78 is 1.82. The van der Waals surface area contributed by atoms with Gasteiger partial charge in [-0.25, -0.2) is 4.68 Å². The molecule has 0 saturated heterocycles. The zero-order valence-electron chi connectivity index (χ0n) is 18.9. The Morgan fingerprint density at radius 2 is 1.82 bits per heavy atom. The molecule has 4 nitrogen and oxygen atoms in total. The highest BCUT2D eigenvalue weighted by atomic mass is 16.1. The quantitative estimate of drug-likeness (QED) is 0.450. The van der Waals surface area contributed by atoms with E-state index in [-0.39, 0.29) is 17.4 Å². The molecule has 0 spiro atoms. The summed E-state index contributed by atoms with van der Waals surface area (Å²) in [4.78, 5) is 13.6. The normalized spacial score (nSPS) is 17.2. The molecule has 0 saturated carbocycles. The third-order valence-electron chi connectivity index (χ3n) is 5.92. The smallest absolute Gasteiger partial charge is 0.161 e. The molecule has 28 heavy (non-hydrogen) atoms. The molecular weight excluding hydrogens is 346 g/mol. The summed E-state index contributed by atoms with van der Waals surface area (Å²) in [5.74, 6) is 1.28. The standard InChI is InChI=1S/C24H39N3O/c1-8-11-19(20-12-10-13-20)15-14-18(9-2)22(28)23(24(5,6)7)27-16-21(17(3)4)25-26-27/h10,12-13,16-19,23H,8-9,11,14-15H2,1-7H3/t18?,19-,23-/m1/s1. The lowest BCUT2D eigenvalue weighted by atomic mass is 9.76. The zero-order chi connectivity index (χ0) is 20.9. The Morgan fingerprint density at radius 3 is 2.25 bits per heavy atom. The zero-order valence-corrected chi connectivity index (χ0v) is 18.9. The average molecular weight is 386 g/mol. The molecule has 0 radical (unpaired) electrons. The van der Waals surface area contributed by atoms with Crippen LogP contribution in [0, 0.1) is 17.3 Å². The first-order valence-corrected chi connectivity index (χ1v) is 11.0. The Bertz CT molecular complexity index is 706. The van der Waals surface area contributed by atoms with E-state index in [1.165, 1.54) is 18.4 Å². The molecule has 156 valence electrons. The second-order valence-corrected chi connectivity index (χ2v) is 9.64. The van der Waals surface area contributed by atoms with E-state index >= 15 is 0 Å². The van der Waals surface area contributed by atoms with E-state index < -0.39 is 0 Å². The lowest BCUT2D eigenvalue weighted by molar-refractivity contribution is -0.130. The highest BCUT2D eigenvalue weighted by molar-refractivity contribution is 5.85. The van der Waals surface area contributed by atoms with Crippen molar-refractivity contribution in [2.75, 3.05) is 0 Å². The number of carbonyl (C=O) groups excluding carboxylic acids is 1. The van der Waals surface area contributed by atoms with Crippen molar-refractivity contribution in [3.8, 4) is 0 Å². The van der Waals surface area contributed by atoms with E-state index in [9.17, 15) is 4.79 Å². The van der Waals surface area contributed by atoms with E-state index in [2.05, 4.69) is 77.0 Å². The van der Waals surface area contributed by atoms with Crippen LogP contribution in [0.15, 0.2) is 30.0 Å². The number of ketones is 1. The number of aromatic nitrogens is 3. The second-order valence-electron chi connectivity index (χ2n) is 9.64. The van der Waals surface area contributed by atoms with Crippen molar-refractivity contribution < 1.29 is 4.79 Å². The second kappa shape index (κ2) is 9.67. The van der Waals surface area contributed by atoms with Crippen molar-refractivity contribution in [3.63, 3.8) is 0 Å². The van der Waals surface area contributed by atoms with Gasteiger partial charge in [0.1, 0.15) is 6.04 Å². The van der Waals surface area contributed by atoms with Gasteiger partial charge in [0.15, 0.2) is 5.78 Å². The lowest BCUT2D eigenvalue weighted by Gasteiger charge is -2.32. The van der Waals surface area contributed by atoms with E-state index in [0.29, 0.717) is 17.6 Å². The van der Waals surface area contributed by atoms with E-state index in [4.69, 9.17) is 0 Å². The van der Waals surface area contributed by atoms with Gasteiger partial charge >= 0.3 is 0 Å². The molecule has 1 aromatic rings. The molecule has 1 aliphatic rings. The van der Waals surface area contributed by atoms with Crippen molar-refractivity contribution in [3.05, 3.63) is 35.7 Å². The summed E-state index contributed by atoms with van der Waals surface area (Å²) >= 11 is 0. The van der Waals surface area contributed by atoms with Gasteiger partial charge in [0.05, 0.1) is 5.69 Å². The molecule has 0 bridgehead atoms. The summed E-state index contributed by atoms with van der Waals surface area (Å²) in [6, 6.07) is -0.273. The molecule has 0 aliphatic heterocycles. The topological polar surface area (TPSA) is 47.8 Å². The SMILES string of the molecule is CCC[C@H](CCC(CC)C(=O)[C@@H](n1cc(C(C)C)nn1)C(C)(C)C)C1=CC=C1. The van der Waals surface area contributed by atoms with Crippen LogP contribution < -0.4 is 0 Å². The van der Waals surface area contributed by atoms with Crippen LogP contribution in [0.1, 0.15) is 98.2 Å². The summed E-state index contributed by atoms with van der Waals surface area (Å²) in [5, 5.41) is 8.65. The maximum absolute atomic E-state index is 13.6. The summed E-state index contributed by atoms with van der Waals surface area (Å²) in [6.45, 7) is 15.0. The Kier molecular flexibility index (Phi) is 7.79. The minimum atomic E-state index is -0.273. The predicted molar refractivity (Wildman–Crippen MR) is 116 cm³/mol. The number of rotatable bonds is 11. The first-order valence-electron chi connectivity index (χ1n) is 11.0. The average Bonchev–Trinajstić information content (AvgIpc) is 3.02. The fourth-order valence-electron chi connectivity index (χ4n) is 4.11. The fraction of sp³-hybridized carbons (Fsp3) is 0.708. The van der Waals surface area contributed by atoms with E-state index in [0.717, 1.165) is 25.0 Å². The predicted octanol–water partition coefficient (Wildman–Crippen LogP) is 6.28. The first-order chi connectivity index (χ1) is 13.2. The Balaban J connectivity index is 2.15. The molecule has 1 heterocycles. The van der Waals surface area contributed by atoms with Gasteiger partial charge in [0, 0.05) is 12.1 Å². The molecule has 1 unspecified atom stereocenters. The molecule has 0 amide bonds. The molecular formula is C24H39N3O. The third kappa shape index (κ3) is 5.42. The van der Waals surface area contributed by atoms with Crippen LogP contribution in [0.2, 0.25) is 0 Å². The van der Waals surface area contributed by atoms with Gasteiger partial charge in [-0.3, -0.25) is 4.79 Å². The number of hydrogen-bond donors (Lipinski definition) is 0.